The van der Waals surface area contributed by atoms with E-state index < -0.39 is 5.92 Å². The Labute approximate surface area is 183 Å². The first-order chi connectivity index (χ1) is 14.8. The maximum atomic E-state index is 13.1. The van der Waals surface area contributed by atoms with Crippen LogP contribution < -0.4 is 4.74 Å². The zero-order valence-corrected chi connectivity index (χ0v) is 18.7. The molecule has 8 heteroatoms. The van der Waals surface area contributed by atoms with E-state index >= 15 is 0 Å². The topological polar surface area (TPSA) is 92.1 Å². The van der Waals surface area contributed by atoms with Crippen LogP contribution in [0.5, 0.6) is 5.75 Å². The smallest absolute Gasteiger partial charge is 0.257 e. The van der Waals surface area contributed by atoms with Gasteiger partial charge in [-0.3, -0.25) is 9.59 Å². The molecule has 2 bridgehead atoms. The molecule has 0 radical (unpaired) electrons. The predicted octanol–water partition coefficient (Wildman–Crippen LogP) is 2.07. The number of rotatable bonds is 1. The molecule has 1 saturated heterocycles. The quantitative estimate of drug-likeness (QED) is 0.679. The summed E-state index contributed by atoms with van der Waals surface area (Å²) in [5.41, 5.74) is 0.709. The van der Waals surface area contributed by atoms with Crippen molar-refractivity contribution in [2.45, 2.75) is 44.5 Å². The van der Waals surface area contributed by atoms with E-state index in [2.05, 4.69) is 6.07 Å². The van der Waals surface area contributed by atoms with Gasteiger partial charge in [-0.1, -0.05) is 6.92 Å². The van der Waals surface area contributed by atoms with Gasteiger partial charge in [-0.25, -0.2) is 0 Å². The maximum Gasteiger partial charge on any atom is 0.257 e. The molecule has 2 aliphatic heterocycles. The monoisotopic (exact) mass is 429 g/mol. The van der Waals surface area contributed by atoms with Gasteiger partial charge in [0.25, 0.3) is 5.91 Å². The Bertz CT molecular complexity index is 852. The molecule has 8 nitrogen and oxygen atoms in total. The zero-order chi connectivity index (χ0) is 22.5. The van der Waals surface area contributed by atoms with Crippen molar-refractivity contribution in [3.63, 3.8) is 0 Å². The first-order valence-corrected chi connectivity index (χ1v) is 10.7. The van der Waals surface area contributed by atoms with Crippen LogP contribution in [0.1, 0.15) is 42.1 Å². The van der Waals surface area contributed by atoms with Gasteiger partial charge in [0.05, 0.1) is 41.9 Å². The Kier molecular flexibility index (Phi) is 7.52. The van der Waals surface area contributed by atoms with Crippen LogP contribution in [0.3, 0.4) is 0 Å². The fourth-order valence-corrected chi connectivity index (χ4v) is 4.29. The summed E-state index contributed by atoms with van der Waals surface area (Å²) in [7, 11) is 5.09. The molecule has 1 fully saturated rings. The van der Waals surface area contributed by atoms with Crippen LogP contribution in [0.4, 0.5) is 0 Å². The third kappa shape index (κ3) is 5.35. The minimum absolute atomic E-state index is 0.0114. The normalized spacial score (nSPS) is 28.1. The van der Waals surface area contributed by atoms with E-state index in [0.29, 0.717) is 36.4 Å². The molecule has 2 amide bonds. The van der Waals surface area contributed by atoms with Crippen LogP contribution in [0.2, 0.25) is 0 Å². The third-order valence-electron chi connectivity index (χ3n) is 6.04. The molecule has 0 N–H and O–H groups in total. The van der Waals surface area contributed by atoms with Crippen molar-refractivity contribution in [3.05, 3.63) is 29.3 Å². The second-order valence-corrected chi connectivity index (χ2v) is 8.41. The van der Waals surface area contributed by atoms with Crippen LogP contribution >= 0.6 is 0 Å². The van der Waals surface area contributed by atoms with Crippen molar-refractivity contribution < 1.29 is 23.8 Å². The first kappa shape index (κ1) is 23.0. The summed E-state index contributed by atoms with van der Waals surface area (Å²) in [5, 5.41) is 9.25. The van der Waals surface area contributed by atoms with Gasteiger partial charge in [0, 0.05) is 40.7 Å². The average molecular weight is 430 g/mol. The van der Waals surface area contributed by atoms with E-state index in [9.17, 15) is 14.9 Å². The number of fused-ring (bicyclic) bond motifs is 3. The number of hydrogen-bond acceptors (Lipinski definition) is 6. The van der Waals surface area contributed by atoms with Crippen molar-refractivity contribution in [2.24, 2.45) is 5.92 Å². The second-order valence-electron chi connectivity index (χ2n) is 8.41. The maximum absolute atomic E-state index is 13.1. The largest absolute Gasteiger partial charge is 0.493 e. The van der Waals surface area contributed by atoms with Crippen LogP contribution in [0.15, 0.2) is 18.2 Å². The highest BCUT2D eigenvalue weighted by Gasteiger charge is 2.34. The summed E-state index contributed by atoms with van der Waals surface area (Å²) in [4.78, 5) is 29.2. The van der Waals surface area contributed by atoms with Gasteiger partial charge >= 0.3 is 0 Å². The van der Waals surface area contributed by atoms with Crippen LogP contribution in [-0.4, -0.2) is 80.8 Å². The van der Waals surface area contributed by atoms with Gasteiger partial charge in [-0.2, -0.15) is 5.26 Å². The molecular weight excluding hydrogens is 398 g/mol. The molecular formula is C23H31N3O5. The van der Waals surface area contributed by atoms with Gasteiger partial charge in [-0.15, -0.1) is 0 Å². The lowest BCUT2D eigenvalue weighted by molar-refractivity contribution is -0.152. The zero-order valence-electron chi connectivity index (χ0n) is 18.7. The standard InChI is InChI=1S/C23H31N3O5/c1-15-13-25(2)23(28)18-11-16(12-24)5-7-19(18)30-10-9-17-6-8-20(29-4)21(31-17)14-26(3)22(15)27/h5,7,11,15,17,20-21H,6,8-10,13-14H2,1-4H3/t15-,17-,20+,21+/m0/s1. The molecule has 31 heavy (non-hydrogen) atoms. The van der Waals surface area contributed by atoms with E-state index in [1.54, 1.807) is 44.3 Å². The van der Waals surface area contributed by atoms with Crippen molar-refractivity contribution >= 4 is 11.8 Å². The summed E-state index contributed by atoms with van der Waals surface area (Å²) in [6.45, 7) is 2.88. The number of carbonyl (C=O) groups excluding carboxylic acids is 2. The number of likely N-dealkylation sites (N-methyl/N-ethyl adjacent to an activating group) is 1. The molecule has 0 unspecified atom stereocenters. The van der Waals surface area contributed by atoms with E-state index in [0.717, 1.165) is 12.8 Å². The summed E-state index contributed by atoms with van der Waals surface area (Å²) >= 11 is 0. The van der Waals surface area contributed by atoms with E-state index in [1.165, 1.54) is 4.90 Å². The molecule has 168 valence electrons. The van der Waals surface area contributed by atoms with Crippen LogP contribution in [0.25, 0.3) is 0 Å². The number of carbonyl (C=O) groups is 2. The molecule has 0 saturated carbocycles. The first-order valence-electron chi connectivity index (χ1n) is 10.7. The summed E-state index contributed by atoms with van der Waals surface area (Å²) < 4.78 is 17.8. The van der Waals surface area contributed by atoms with Gasteiger partial charge in [0.1, 0.15) is 11.9 Å². The highest BCUT2D eigenvalue weighted by Crippen LogP contribution is 2.27. The molecule has 1 aromatic carbocycles. The highest BCUT2D eigenvalue weighted by molar-refractivity contribution is 5.97. The Morgan fingerprint density at radius 1 is 1.13 bits per heavy atom. The fraction of sp³-hybridized carbons (Fsp3) is 0.609. The van der Waals surface area contributed by atoms with Crippen LogP contribution in [-0.2, 0) is 14.3 Å². The molecule has 2 aliphatic rings. The van der Waals surface area contributed by atoms with Crippen molar-refractivity contribution in [1.29, 1.82) is 5.26 Å². The highest BCUT2D eigenvalue weighted by atomic mass is 16.5. The summed E-state index contributed by atoms with van der Waals surface area (Å²) in [6.07, 6.45) is 2.07. The van der Waals surface area contributed by atoms with Gasteiger partial charge < -0.3 is 24.0 Å². The molecule has 3 rings (SSSR count). The third-order valence-corrected chi connectivity index (χ3v) is 6.04. The van der Waals surface area contributed by atoms with E-state index in [4.69, 9.17) is 14.2 Å². The number of methoxy groups -OCH3 is 1. The number of hydrogen-bond donors (Lipinski definition) is 0. The molecule has 1 aromatic rings. The Morgan fingerprint density at radius 2 is 1.90 bits per heavy atom. The van der Waals surface area contributed by atoms with Crippen molar-refractivity contribution in [3.8, 4) is 11.8 Å². The lowest BCUT2D eigenvalue weighted by atomic mass is 9.98. The molecule has 0 aliphatic carbocycles. The molecule has 2 heterocycles. The molecule has 4 atom stereocenters. The van der Waals surface area contributed by atoms with E-state index in [1.807, 2.05) is 6.92 Å². The van der Waals surface area contributed by atoms with Gasteiger partial charge in [0.15, 0.2) is 0 Å². The summed E-state index contributed by atoms with van der Waals surface area (Å²) in [6, 6.07) is 6.90. The second kappa shape index (κ2) is 10.1. The van der Waals surface area contributed by atoms with Crippen molar-refractivity contribution in [1.82, 2.24) is 9.80 Å². The van der Waals surface area contributed by atoms with Gasteiger partial charge in [0.2, 0.25) is 5.91 Å². The lowest BCUT2D eigenvalue weighted by Gasteiger charge is -2.38. The Balaban J connectivity index is 1.90. The SMILES string of the molecule is CO[C@@H]1CC[C@H]2CCOc3ccc(C#N)cc3C(=O)N(C)C[C@H](C)C(=O)N(C)C[C@H]1O2. The van der Waals surface area contributed by atoms with Crippen LogP contribution in [0, 0.1) is 17.2 Å². The number of nitrogens with zero attached hydrogens (tertiary/aromatic N) is 3. The number of amides is 2. The van der Waals surface area contributed by atoms with Crippen molar-refractivity contribution in [2.75, 3.05) is 40.9 Å². The summed E-state index contributed by atoms with van der Waals surface area (Å²) in [5.74, 6) is -0.298. The Hall–Kier alpha value is -2.63. The minimum atomic E-state index is -0.395. The molecule has 0 spiro atoms. The van der Waals surface area contributed by atoms with E-state index in [-0.39, 0.29) is 36.7 Å². The average Bonchev–Trinajstić information content (AvgIpc) is 2.77. The number of ether oxygens (including phenoxy) is 3. The minimum Gasteiger partial charge on any atom is -0.493 e. The lowest BCUT2D eigenvalue weighted by Crippen LogP contribution is -2.49. The predicted molar refractivity (Wildman–Crippen MR) is 114 cm³/mol. The number of nitriles is 1. The molecule has 0 aromatic heterocycles. The Morgan fingerprint density at radius 3 is 2.61 bits per heavy atom. The fourth-order valence-electron chi connectivity index (χ4n) is 4.29. The van der Waals surface area contributed by atoms with Gasteiger partial charge in [-0.05, 0) is 31.0 Å². The number of benzene rings is 1.